The molecule has 2 N–H and O–H groups in total. The second-order valence-electron chi connectivity index (χ2n) is 5.77. The first kappa shape index (κ1) is 19.5. The van der Waals surface area contributed by atoms with Crippen LogP contribution in [-0.2, 0) is 16.6 Å². The smallest absolute Gasteiger partial charge is 0.262 e. The van der Waals surface area contributed by atoms with Gasteiger partial charge in [-0.1, -0.05) is 17.7 Å². The molecule has 3 aromatic rings. The van der Waals surface area contributed by atoms with Crippen LogP contribution >= 0.6 is 22.9 Å². The number of thiazole rings is 1. The normalized spacial score (nSPS) is 11.2. The quantitative estimate of drug-likeness (QED) is 0.583. The Morgan fingerprint density at radius 1 is 1.19 bits per heavy atom. The summed E-state index contributed by atoms with van der Waals surface area (Å²) >= 11 is 7.20. The van der Waals surface area contributed by atoms with Crippen LogP contribution in [0.15, 0.2) is 53.6 Å². The van der Waals surface area contributed by atoms with Gasteiger partial charge in [-0.2, -0.15) is 0 Å². The summed E-state index contributed by atoms with van der Waals surface area (Å²) in [7, 11) is -2.23. The molecule has 0 atom stereocenters. The maximum atomic E-state index is 12.7. The van der Waals surface area contributed by atoms with E-state index in [0.717, 1.165) is 16.1 Å². The maximum Gasteiger partial charge on any atom is 0.262 e. The second-order valence-corrected chi connectivity index (χ2v) is 9.15. The molecule has 1 aromatic heterocycles. The van der Waals surface area contributed by atoms with Crippen molar-refractivity contribution in [2.24, 2.45) is 0 Å². The molecule has 0 bridgehead atoms. The molecule has 0 saturated carbocycles. The van der Waals surface area contributed by atoms with Crippen molar-refractivity contribution >= 4 is 44.3 Å². The van der Waals surface area contributed by atoms with Crippen LogP contribution in [-0.4, -0.2) is 20.5 Å². The fraction of sp³-hybridized carbons (Fsp3) is 0.167. The summed E-state index contributed by atoms with van der Waals surface area (Å²) in [5.41, 5.74) is 2.13. The molecular formula is C18H18ClN3O3S2. The zero-order valence-corrected chi connectivity index (χ0v) is 17.1. The van der Waals surface area contributed by atoms with Gasteiger partial charge in [-0.05, 0) is 48.9 Å². The Bertz CT molecular complexity index is 1030. The van der Waals surface area contributed by atoms with Crippen molar-refractivity contribution < 1.29 is 13.2 Å². The molecule has 0 radical (unpaired) electrons. The summed E-state index contributed by atoms with van der Waals surface area (Å²) in [5, 5.41) is 3.20. The fourth-order valence-electron chi connectivity index (χ4n) is 2.41. The van der Waals surface area contributed by atoms with Crippen LogP contribution in [0.1, 0.15) is 10.4 Å². The highest BCUT2D eigenvalue weighted by atomic mass is 35.5. The van der Waals surface area contributed by atoms with Gasteiger partial charge in [-0.3, -0.25) is 4.72 Å². The Kier molecular flexibility index (Phi) is 5.88. The molecule has 0 spiro atoms. The van der Waals surface area contributed by atoms with Crippen molar-refractivity contribution in [2.75, 3.05) is 17.1 Å². The number of nitrogens with zero attached hydrogens (tertiary/aromatic N) is 1. The predicted molar refractivity (Wildman–Crippen MR) is 109 cm³/mol. The molecule has 27 heavy (non-hydrogen) atoms. The number of methoxy groups -OCH3 is 1. The summed E-state index contributed by atoms with van der Waals surface area (Å²) in [6, 6.07) is 11.8. The monoisotopic (exact) mass is 423 g/mol. The van der Waals surface area contributed by atoms with Gasteiger partial charge in [0.1, 0.15) is 5.75 Å². The van der Waals surface area contributed by atoms with Gasteiger partial charge in [-0.15, -0.1) is 11.3 Å². The topological polar surface area (TPSA) is 80.3 Å². The number of benzene rings is 2. The number of sulfonamides is 1. The Balaban J connectivity index is 1.72. The first-order chi connectivity index (χ1) is 12.9. The summed E-state index contributed by atoms with van der Waals surface area (Å²) in [6.45, 7) is 2.45. The zero-order chi connectivity index (χ0) is 19.4. The molecule has 0 amide bonds. The van der Waals surface area contributed by atoms with E-state index >= 15 is 0 Å². The van der Waals surface area contributed by atoms with Gasteiger partial charge in [0.2, 0.25) is 0 Å². The minimum atomic E-state index is -3.73. The molecule has 9 heteroatoms. The number of aryl methyl sites for hydroxylation is 1. The number of hydrogen-bond donors (Lipinski definition) is 2. The molecule has 0 fully saturated rings. The van der Waals surface area contributed by atoms with E-state index in [4.69, 9.17) is 16.3 Å². The molecule has 1 heterocycles. The molecule has 3 rings (SSSR count). The van der Waals surface area contributed by atoms with Crippen molar-refractivity contribution in [1.29, 1.82) is 0 Å². The first-order valence-electron chi connectivity index (χ1n) is 7.99. The number of ether oxygens (including phenoxy) is 1. The fourth-order valence-corrected chi connectivity index (χ4v) is 4.39. The van der Waals surface area contributed by atoms with Crippen LogP contribution in [0.4, 0.5) is 11.4 Å². The van der Waals surface area contributed by atoms with Crippen LogP contribution in [0.5, 0.6) is 5.75 Å². The van der Waals surface area contributed by atoms with E-state index in [1.807, 2.05) is 13.0 Å². The molecule has 0 aliphatic carbocycles. The van der Waals surface area contributed by atoms with Gasteiger partial charge in [0, 0.05) is 16.8 Å². The van der Waals surface area contributed by atoms with Gasteiger partial charge >= 0.3 is 0 Å². The van der Waals surface area contributed by atoms with Gasteiger partial charge in [0.05, 0.1) is 24.2 Å². The number of aromatic nitrogens is 1. The van der Waals surface area contributed by atoms with Crippen molar-refractivity contribution in [3.63, 3.8) is 0 Å². The van der Waals surface area contributed by atoms with Crippen molar-refractivity contribution in [3.05, 3.63) is 63.6 Å². The lowest BCUT2D eigenvalue weighted by Gasteiger charge is -2.13. The number of anilines is 2. The Morgan fingerprint density at radius 3 is 2.56 bits per heavy atom. The van der Waals surface area contributed by atoms with E-state index < -0.39 is 10.0 Å². The average molecular weight is 424 g/mol. The molecular weight excluding hydrogens is 406 g/mol. The lowest BCUT2D eigenvalue weighted by Crippen LogP contribution is -2.13. The lowest BCUT2D eigenvalue weighted by atomic mass is 10.2. The van der Waals surface area contributed by atoms with E-state index in [1.165, 1.54) is 18.4 Å². The Morgan fingerprint density at radius 2 is 1.93 bits per heavy atom. The van der Waals surface area contributed by atoms with Crippen LogP contribution in [0.3, 0.4) is 0 Å². The lowest BCUT2D eigenvalue weighted by molar-refractivity contribution is 0.417. The number of halogens is 1. The van der Waals surface area contributed by atoms with Gasteiger partial charge in [-0.25, -0.2) is 13.4 Å². The van der Waals surface area contributed by atoms with E-state index in [-0.39, 0.29) is 4.90 Å². The van der Waals surface area contributed by atoms with Crippen molar-refractivity contribution in [3.8, 4) is 5.75 Å². The molecule has 0 saturated heterocycles. The van der Waals surface area contributed by atoms with Crippen LogP contribution in [0, 0.1) is 6.92 Å². The molecule has 2 aromatic carbocycles. The SMILES string of the molecule is COc1ccc(C)cc1NS(=O)(=O)c1ccc(NCc2cnc(Cl)s2)cc1. The summed E-state index contributed by atoms with van der Waals surface area (Å²) in [5.74, 6) is 0.464. The predicted octanol–water partition coefficient (Wildman–Crippen LogP) is 4.53. The summed E-state index contributed by atoms with van der Waals surface area (Å²) in [4.78, 5) is 5.14. The minimum absolute atomic E-state index is 0.164. The maximum absolute atomic E-state index is 12.7. The third-order valence-electron chi connectivity index (χ3n) is 3.76. The van der Waals surface area contributed by atoms with Crippen LogP contribution in [0.25, 0.3) is 0 Å². The van der Waals surface area contributed by atoms with E-state index in [0.29, 0.717) is 22.4 Å². The zero-order valence-electron chi connectivity index (χ0n) is 14.7. The standard InChI is InChI=1S/C18H18ClN3O3S2/c1-12-3-8-17(25-2)16(9-12)22-27(23,24)15-6-4-13(5-7-15)20-10-14-11-21-18(19)26-14/h3-9,11,20,22H,10H2,1-2H3. The number of nitrogens with one attached hydrogen (secondary N) is 2. The highest BCUT2D eigenvalue weighted by molar-refractivity contribution is 7.92. The molecule has 0 aliphatic heterocycles. The van der Waals surface area contributed by atoms with E-state index in [9.17, 15) is 8.42 Å². The third kappa shape index (κ3) is 4.91. The minimum Gasteiger partial charge on any atom is -0.495 e. The molecule has 6 nitrogen and oxygen atoms in total. The Labute approximate surface area is 167 Å². The highest BCUT2D eigenvalue weighted by Crippen LogP contribution is 2.28. The number of rotatable bonds is 7. The Hall–Kier alpha value is -2.29. The van der Waals surface area contributed by atoms with Crippen LogP contribution < -0.4 is 14.8 Å². The highest BCUT2D eigenvalue weighted by Gasteiger charge is 2.16. The van der Waals surface area contributed by atoms with Crippen LogP contribution in [0.2, 0.25) is 4.47 Å². The molecule has 0 unspecified atom stereocenters. The first-order valence-corrected chi connectivity index (χ1v) is 10.7. The molecule has 0 aliphatic rings. The van der Waals surface area contributed by atoms with Gasteiger partial charge in [0.15, 0.2) is 4.47 Å². The van der Waals surface area contributed by atoms with Gasteiger partial charge < -0.3 is 10.1 Å². The van der Waals surface area contributed by atoms with Gasteiger partial charge in [0.25, 0.3) is 10.0 Å². The van der Waals surface area contributed by atoms with Crippen molar-refractivity contribution in [1.82, 2.24) is 4.98 Å². The van der Waals surface area contributed by atoms with E-state index in [1.54, 1.807) is 42.6 Å². The van der Waals surface area contributed by atoms with E-state index in [2.05, 4.69) is 15.0 Å². The average Bonchev–Trinajstić information content (AvgIpc) is 3.05. The third-order valence-corrected chi connectivity index (χ3v) is 6.25. The largest absolute Gasteiger partial charge is 0.495 e. The summed E-state index contributed by atoms with van der Waals surface area (Å²) < 4.78 is 33.6. The molecule has 142 valence electrons. The number of hydrogen-bond acceptors (Lipinski definition) is 6. The second kappa shape index (κ2) is 8.16. The van der Waals surface area contributed by atoms with Crippen molar-refractivity contribution in [2.45, 2.75) is 18.4 Å². The summed E-state index contributed by atoms with van der Waals surface area (Å²) in [6.07, 6.45) is 1.71.